The minimum absolute atomic E-state index is 0.283. The standard InChI is InChI=1S/C14H12FN3OS2/c1-2-4-12-17-18-14(21-12)16-13(19)11-7-8-9(15)5-3-6-10(8)20-11/h3,5-7H,2,4H2,1H3,(H,16,18,19). The molecule has 108 valence electrons. The fourth-order valence-corrected chi connectivity index (χ4v) is 3.72. The van der Waals surface area contributed by atoms with E-state index in [4.69, 9.17) is 0 Å². The lowest BCUT2D eigenvalue weighted by molar-refractivity contribution is 0.103. The fraction of sp³-hybridized carbons (Fsp3) is 0.214. The van der Waals surface area contributed by atoms with Gasteiger partial charge in [-0.05, 0) is 24.6 Å². The molecule has 0 spiro atoms. The van der Waals surface area contributed by atoms with E-state index in [0.717, 1.165) is 22.5 Å². The van der Waals surface area contributed by atoms with Crippen molar-refractivity contribution < 1.29 is 9.18 Å². The molecule has 1 N–H and O–H groups in total. The molecule has 0 bridgehead atoms. The first-order chi connectivity index (χ1) is 10.2. The van der Waals surface area contributed by atoms with E-state index in [2.05, 4.69) is 22.4 Å². The van der Waals surface area contributed by atoms with Crippen molar-refractivity contribution >= 4 is 43.8 Å². The summed E-state index contributed by atoms with van der Waals surface area (Å²) < 4.78 is 14.4. The molecule has 0 fully saturated rings. The van der Waals surface area contributed by atoms with Gasteiger partial charge in [0.15, 0.2) is 0 Å². The lowest BCUT2D eigenvalue weighted by Crippen LogP contribution is -2.09. The molecule has 0 aliphatic carbocycles. The summed E-state index contributed by atoms with van der Waals surface area (Å²) in [5.74, 6) is -0.598. The number of nitrogens with zero attached hydrogens (tertiary/aromatic N) is 2. The Bertz CT molecular complexity index is 796. The maximum absolute atomic E-state index is 13.6. The molecule has 7 heteroatoms. The summed E-state index contributed by atoms with van der Waals surface area (Å²) in [4.78, 5) is 12.6. The number of rotatable bonds is 4. The second kappa shape index (κ2) is 5.87. The van der Waals surface area contributed by atoms with Gasteiger partial charge in [0, 0.05) is 16.5 Å². The van der Waals surface area contributed by atoms with Crippen LogP contribution in [0.15, 0.2) is 24.3 Å². The van der Waals surface area contributed by atoms with E-state index in [1.165, 1.54) is 28.7 Å². The van der Waals surface area contributed by atoms with E-state index in [-0.39, 0.29) is 11.7 Å². The van der Waals surface area contributed by atoms with Crippen LogP contribution < -0.4 is 5.32 Å². The van der Waals surface area contributed by atoms with E-state index in [9.17, 15) is 9.18 Å². The van der Waals surface area contributed by atoms with Gasteiger partial charge in [0.1, 0.15) is 10.8 Å². The number of amides is 1. The van der Waals surface area contributed by atoms with E-state index >= 15 is 0 Å². The number of carbonyl (C=O) groups is 1. The first kappa shape index (κ1) is 14.1. The lowest BCUT2D eigenvalue weighted by atomic mass is 10.2. The maximum atomic E-state index is 13.6. The molecule has 0 aliphatic heterocycles. The maximum Gasteiger partial charge on any atom is 0.267 e. The number of hydrogen-bond acceptors (Lipinski definition) is 5. The van der Waals surface area contributed by atoms with Gasteiger partial charge >= 0.3 is 0 Å². The molecule has 4 nitrogen and oxygen atoms in total. The van der Waals surface area contributed by atoms with E-state index < -0.39 is 0 Å². The zero-order valence-corrected chi connectivity index (χ0v) is 12.9. The van der Waals surface area contributed by atoms with Gasteiger partial charge in [0.25, 0.3) is 5.91 Å². The minimum atomic E-state index is -0.316. The normalized spacial score (nSPS) is 11.0. The van der Waals surface area contributed by atoms with Crippen molar-refractivity contribution in [3.8, 4) is 0 Å². The van der Waals surface area contributed by atoms with Gasteiger partial charge in [-0.25, -0.2) is 4.39 Å². The first-order valence-corrected chi connectivity index (χ1v) is 8.12. The number of aryl methyl sites for hydroxylation is 1. The smallest absolute Gasteiger partial charge is 0.267 e. The quantitative estimate of drug-likeness (QED) is 0.787. The summed E-state index contributed by atoms with van der Waals surface area (Å²) in [5.41, 5.74) is 0. The number of aromatic nitrogens is 2. The molecule has 0 atom stereocenters. The van der Waals surface area contributed by atoms with Crippen LogP contribution in [0, 0.1) is 5.82 Å². The monoisotopic (exact) mass is 321 g/mol. The molecule has 2 aromatic heterocycles. The molecule has 0 radical (unpaired) electrons. The summed E-state index contributed by atoms with van der Waals surface area (Å²) in [6.45, 7) is 2.06. The number of hydrogen-bond donors (Lipinski definition) is 1. The molecule has 0 unspecified atom stereocenters. The summed E-state index contributed by atoms with van der Waals surface area (Å²) in [5, 5.41) is 12.5. The van der Waals surface area contributed by atoms with E-state index in [1.807, 2.05) is 0 Å². The van der Waals surface area contributed by atoms with Gasteiger partial charge in [-0.2, -0.15) is 0 Å². The highest BCUT2D eigenvalue weighted by molar-refractivity contribution is 7.21. The van der Waals surface area contributed by atoms with Gasteiger partial charge in [0.05, 0.1) is 4.88 Å². The van der Waals surface area contributed by atoms with Crippen LogP contribution in [0.4, 0.5) is 9.52 Å². The Hall–Kier alpha value is -1.86. The second-order valence-electron chi connectivity index (χ2n) is 4.47. The van der Waals surface area contributed by atoms with Gasteiger partial charge in [0.2, 0.25) is 5.13 Å². The van der Waals surface area contributed by atoms with Gasteiger partial charge in [-0.15, -0.1) is 21.5 Å². The van der Waals surface area contributed by atoms with Crippen LogP contribution in [-0.2, 0) is 6.42 Å². The summed E-state index contributed by atoms with van der Waals surface area (Å²) >= 11 is 2.63. The van der Waals surface area contributed by atoms with Crippen molar-refractivity contribution in [1.29, 1.82) is 0 Å². The Labute approximate surface area is 128 Å². The zero-order chi connectivity index (χ0) is 14.8. The Kier molecular flexibility index (Phi) is 3.94. The first-order valence-electron chi connectivity index (χ1n) is 6.49. The SMILES string of the molecule is CCCc1nnc(NC(=O)c2cc3c(F)cccc3s2)s1. The van der Waals surface area contributed by atoms with E-state index in [0.29, 0.717) is 15.4 Å². The summed E-state index contributed by atoms with van der Waals surface area (Å²) in [7, 11) is 0. The third-order valence-electron chi connectivity index (χ3n) is 2.88. The molecular formula is C14H12FN3OS2. The molecule has 3 rings (SSSR count). The van der Waals surface area contributed by atoms with Crippen molar-refractivity contribution in [2.24, 2.45) is 0 Å². The van der Waals surface area contributed by atoms with Crippen LogP contribution in [0.2, 0.25) is 0 Å². The van der Waals surface area contributed by atoms with Crippen LogP contribution in [0.3, 0.4) is 0 Å². The topological polar surface area (TPSA) is 54.9 Å². The number of halogens is 1. The highest BCUT2D eigenvalue weighted by Crippen LogP contribution is 2.28. The number of anilines is 1. The summed E-state index contributed by atoms with van der Waals surface area (Å²) in [6, 6.07) is 6.39. The molecule has 0 saturated heterocycles. The molecule has 1 aromatic carbocycles. The number of benzene rings is 1. The predicted octanol–water partition coefficient (Wildman–Crippen LogP) is 4.10. The predicted molar refractivity (Wildman–Crippen MR) is 83.6 cm³/mol. The average Bonchev–Trinajstić information content (AvgIpc) is 3.07. The number of fused-ring (bicyclic) bond motifs is 1. The Balaban J connectivity index is 1.81. The van der Waals surface area contributed by atoms with Crippen molar-refractivity contribution in [1.82, 2.24) is 10.2 Å². The van der Waals surface area contributed by atoms with Crippen LogP contribution >= 0.6 is 22.7 Å². The molecular weight excluding hydrogens is 309 g/mol. The molecule has 21 heavy (non-hydrogen) atoms. The number of thiophene rings is 1. The van der Waals surface area contributed by atoms with Crippen LogP contribution in [-0.4, -0.2) is 16.1 Å². The minimum Gasteiger partial charge on any atom is -0.296 e. The Morgan fingerprint density at radius 2 is 2.19 bits per heavy atom. The molecule has 1 amide bonds. The summed E-state index contributed by atoms with van der Waals surface area (Å²) in [6.07, 6.45) is 1.83. The van der Waals surface area contributed by atoms with Crippen molar-refractivity contribution in [2.45, 2.75) is 19.8 Å². The molecule has 0 saturated carbocycles. The van der Waals surface area contributed by atoms with Crippen molar-refractivity contribution in [3.05, 3.63) is 40.0 Å². The van der Waals surface area contributed by atoms with Gasteiger partial charge in [-0.1, -0.05) is 24.3 Å². The largest absolute Gasteiger partial charge is 0.296 e. The van der Waals surface area contributed by atoms with Crippen molar-refractivity contribution in [3.63, 3.8) is 0 Å². The van der Waals surface area contributed by atoms with Crippen LogP contribution in [0.25, 0.3) is 10.1 Å². The van der Waals surface area contributed by atoms with Gasteiger partial charge < -0.3 is 0 Å². The Morgan fingerprint density at radius 3 is 2.95 bits per heavy atom. The second-order valence-corrected chi connectivity index (χ2v) is 6.61. The Morgan fingerprint density at radius 1 is 1.33 bits per heavy atom. The van der Waals surface area contributed by atoms with Crippen LogP contribution in [0.5, 0.6) is 0 Å². The highest BCUT2D eigenvalue weighted by Gasteiger charge is 2.14. The molecule has 3 aromatic rings. The third kappa shape index (κ3) is 2.93. The van der Waals surface area contributed by atoms with E-state index in [1.54, 1.807) is 18.2 Å². The van der Waals surface area contributed by atoms with Gasteiger partial charge in [-0.3, -0.25) is 10.1 Å². The van der Waals surface area contributed by atoms with Crippen LogP contribution in [0.1, 0.15) is 28.0 Å². The lowest BCUT2D eigenvalue weighted by Gasteiger charge is -1.96. The highest BCUT2D eigenvalue weighted by atomic mass is 32.1. The van der Waals surface area contributed by atoms with Crippen molar-refractivity contribution in [2.75, 3.05) is 5.32 Å². The molecule has 0 aliphatic rings. The molecule has 2 heterocycles. The average molecular weight is 321 g/mol. The number of carbonyl (C=O) groups excluding carboxylic acids is 1. The third-order valence-corrected chi connectivity index (χ3v) is 4.88. The fourth-order valence-electron chi connectivity index (χ4n) is 1.91. The zero-order valence-electron chi connectivity index (χ0n) is 11.2. The number of nitrogens with one attached hydrogen (secondary N) is 1.